The molecule has 10 heteroatoms. The van der Waals surface area contributed by atoms with Crippen LogP contribution in [0.1, 0.15) is 63.0 Å². The van der Waals surface area contributed by atoms with E-state index >= 15 is 8.78 Å². The number of hydrogen-bond acceptors (Lipinski definition) is 6. The monoisotopic (exact) mass is 620 g/mol. The summed E-state index contributed by atoms with van der Waals surface area (Å²) in [5.41, 5.74) is -1.04. The molecule has 2 aliphatic heterocycles. The molecule has 1 fully saturated rings. The summed E-state index contributed by atoms with van der Waals surface area (Å²) in [7, 11) is 0. The fraction of sp³-hybridized carbons (Fsp3) is 0.500. The first-order valence-corrected chi connectivity index (χ1v) is 14.9. The number of aliphatic hydroxyl groups is 2. The van der Waals surface area contributed by atoms with Crippen molar-refractivity contribution in [1.29, 1.82) is 5.26 Å². The SMILES string of the molecule is CC(C)(C[C@@H]1N[C@@H](C(=O)CCC[C@H](O)CO)[C@H](c2cccc(Cl)c2F)[C@@]1(C#N)c1ccc(Cl)cc1F)C1=CCOCC1. The molecule has 42 heavy (non-hydrogen) atoms. The number of carbonyl (C=O) groups excluding carboxylic acids is 1. The normalized spacial score (nSPS) is 25.1. The van der Waals surface area contributed by atoms with Crippen LogP contribution in [-0.2, 0) is 14.9 Å². The van der Waals surface area contributed by atoms with E-state index in [4.69, 9.17) is 27.9 Å². The average Bonchev–Trinajstić information content (AvgIpc) is 3.28. The maximum Gasteiger partial charge on any atom is 0.150 e. The molecule has 3 N–H and O–H groups in total. The largest absolute Gasteiger partial charge is 0.394 e. The number of nitrogens with one attached hydrogen (secondary N) is 1. The second-order valence-corrected chi connectivity index (χ2v) is 12.6. The van der Waals surface area contributed by atoms with E-state index in [1.54, 1.807) is 6.07 Å². The standard InChI is InChI=1S/C32H36Cl2F2N2O4/c1-31(2,19-11-13-42-14-12-19)16-27-32(18-37,23-10-9-20(33)15-25(23)35)28(22-6-4-7-24(34)29(22)36)30(38-27)26(41)8-3-5-21(40)17-39/h4,6-7,9-11,15,21,27-28,30,38-40H,3,5,8,12-14,16-17H2,1-2H3/t21-,27-,28-,30-,32-/m0/s1. The molecule has 226 valence electrons. The second-order valence-electron chi connectivity index (χ2n) is 11.8. The van der Waals surface area contributed by atoms with Crippen LogP contribution in [-0.4, -0.2) is 54.0 Å². The molecule has 0 bridgehead atoms. The van der Waals surface area contributed by atoms with Gasteiger partial charge in [-0.1, -0.05) is 66.9 Å². The van der Waals surface area contributed by atoms with Crippen LogP contribution in [0.3, 0.4) is 0 Å². The summed E-state index contributed by atoms with van der Waals surface area (Å²) >= 11 is 12.3. The average molecular weight is 622 g/mol. The molecule has 2 aliphatic rings. The molecule has 2 aromatic rings. The molecule has 5 atom stereocenters. The number of benzene rings is 2. The Kier molecular flexibility index (Phi) is 10.5. The van der Waals surface area contributed by atoms with Gasteiger partial charge < -0.3 is 20.3 Å². The fourth-order valence-corrected chi connectivity index (χ4v) is 6.88. The van der Waals surface area contributed by atoms with Gasteiger partial charge in [-0.3, -0.25) is 4.79 Å². The molecule has 0 aromatic heterocycles. The minimum absolute atomic E-state index is 0.00335. The Morgan fingerprint density at radius 3 is 2.69 bits per heavy atom. The molecule has 2 aromatic carbocycles. The first-order valence-electron chi connectivity index (χ1n) is 14.1. The summed E-state index contributed by atoms with van der Waals surface area (Å²) in [5.74, 6) is -2.97. The summed E-state index contributed by atoms with van der Waals surface area (Å²) < 4.78 is 37.2. The number of halogens is 4. The number of rotatable bonds is 11. The molecule has 0 unspecified atom stereocenters. The van der Waals surface area contributed by atoms with E-state index in [1.165, 1.54) is 24.3 Å². The van der Waals surface area contributed by atoms with Crippen LogP contribution in [0, 0.1) is 28.4 Å². The van der Waals surface area contributed by atoms with Gasteiger partial charge in [-0.2, -0.15) is 5.26 Å². The zero-order valence-corrected chi connectivity index (χ0v) is 25.2. The highest BCUT2D eigenvalue weighted by Gasteiger charge is 2.61. The molecule has 0 radical (unpaired) electrons. The van der Waals surface area contributed by atoms with Crippen molar-refractivity contribution in [3.05, 3.63) is 80.9 Å². The number of carbonyl (C=O) groups is 1. The predicted octanol–water partition coefficient (Wildman–Crippen LogP) is 6.01. The fourth-order valence-electron chi connectivity index (χ4n) is 6.54. The summed E-state index contributed by atoms with van der Waals surface area (Å²) in [6.07, 6.45) is 2.51. The summed E-state index contributed by atoms with van der Waals surface area (Å²) in [5, 5.41) is 33.4. The maximum absolute atomic E-state index is 15.9. The van der Waals surface area contributed by atoms with Gasteiger partial charge in [-0.15, -0.1) is 0 Å². The van der Waals surface area contributed by atoms with E-state index in [1.807, 2.05) is 19.9 Å². The minimum Gasteiger partial charge on any atom is -0.394 e. The van der Waals surface area contributed by atoms with Crippen LogP contribution in [0.15, 0.2) is 48.0 Å². The number of nitrogens with zero attached hydrogens (tertiary/aromatic N) is 1. The van der Waals surface area contributed by atoms with Gasteiger partial charge in [0.1, 0.15) is 22.8 Å². The zero-order valence-electron chi connectivity index (χ0n) is 23.7. The van der Waals surface area contributed by atoms with Gasteiger partial charge in [0.05, 0.1) is 43.1 Å². The van der Waals surface area contributed by atoms with Gasteiger partial charge in [-0.05, 0) is 54.9 Å². The van der Waals surface area contributed by atoms with Crippen LogP contribution < -0.4 is 5.32 Å². The van der Waals surface area contributed by atoms with Crippen LogP contribution in [0.4, 0.5) is 8.78 Å². The van der Waals surface area contributed by atoms with Crippen LogP contribution >= 0.6 is 23.2 Å². The molecule has 0 aliphatic carbocycles. The Morgan fingerprint density at radius 2 is 2.05 bits per heavy atom. The van der Waals surface area contributed by atoms with Gasteiger partial charge in [0.2, 0.25) is 0 Å². The van der Waals surface area contributed by atoms with Crippen molar-refractivity contribution in [2.24, 2.45) is 5.41 Å². The highest BCUT2D eigenvalue weighted by molar-refractivity contribution is 6.31. The van der Waals surface area contributed by atoms with Gasteiger partial charge in [0.25, 0.3) is 0 Å². The third-order valence-electron chi connectivity index (χ3n) is 8.70. The molecule has 0 saturated carbocycles. The lowest BCUT2D eigenvalue weighted by Gasteiger charge is -2.40. The lowest BCUT2D eigenvalue weighted by atomic mass is 9.61. The first kappa shape index (κ1) is 32.5. The third-order valence-corrected chi connectivity index (χ3v) is 9.22. The lowest BCUT2D eigenvalue weighted by molar-refractivity contribution is -0.121. The molecule has 0 amide bonds. The van der Waals surface area contributed by atoms with Crippen molar-refractivity contribution in [1.82, 2.24) is 5.32 Å². The molecule has 4 rings (SSSR count). The summed E-state index contributed by atoms with van der Waals surface area (Å²) in [4.78, 5) is 13.9. The van der Waals surface area contributed by atoms with E-state index in [9.17, 15) is 20.3 Å². The minimum atomic E-state index is -1.73. The van der Waals surface area contributed by atoms with Gasteiger partial charge >= 0.3 is 0 Å². The number of ether oxygens (including phenoxy) is 1. The maximum atomic E-state index is 15.9. The van der Waals surface area contributed by atoms with E-state index in [-0.39, 0.29) is 46.2 Å². The Labute approximate surface area is 255 Å². The lowest BCUT2D eigenvalue weighted by Crippen LogP contribution is -2.45. The van der Waals surface area contributed by atoms with Crippen molar-refractivity contribution in [2.45, 2.75) is 75.5 Å². The number of hydrogen-bond donors (Lipinski definition) is 3. The van der Waals surface area contributed by atoms with E-state index in [2.05, 4.69) is 11.4 Å². The highest BCUT2D eigenvalue weighted by Crippen LogP contribution is 2.54. The summed E-state index contributed by atoms with van der Waals surface area (Å²) in [6.45, 7) is 4.65. The number of Topliss-reactive ketones (excluding diaryl/α,β-unsaturated/α-hetero) is 1. The van der Waals surface area contributed by atoms with Crippen LogP contribution in [0.25, 0.3) is 0 Å². The van der Waals surface area contributed by atoms with Crippen molar-refractivity contribution in [2.75, 3.05) is 19.8 Å². The van der Waals surface area contributed by atoms with Crippen LogP contribution in [0.5, 0.6) is 0 Å². The van der Waals surface area contributed by atoms with E-state index in [0.29, 0.717) is 26.1 Å². The Bertz CT molecular complexity index is 1380. The molecule has 1 saturated heterocycles. The molecule has 2 heterocycles. The second kappa shape index (κ2) is 13.5. The van der Waals surface area contributed by atoms with E-state index in [0.717, 1.165) is 11.6 Å². The Balaban J connectivity index is 1.90. The molecule has 6 nitrogen and oxygen atoms in total. The quantitative estimate of drug-likeness (QED) is 0.266. The number of nitriles is 1. The molecular weight excluding hydrogens is 585 g/mol. The Hall–Kier alpha value is -2.38. The van der Waals surface area contributed by atoms with E-state index < -0.39 is 53.2 Å². The van der Waals surface area contributed by atoms with Crippen molar-refractivity contribution >= 4 is 29.0 Å². The van der Waals surface area contributed by atoms with Crippen LogP contribution in [0.2, 0.25) is 10.0 Å². The highest BCUT2D eigenvalue weighted by atomic mass is 35.5. The number of ketones is 1. The predicted molar refractivity (Wildman–Crippen MR) is 157 cm³/mol. The number of aliphatic hydroxyl groups excluding tert-OH is 2. The van der Waals surface area contributed by atoms with Crippen molar-refractivity contribution in [3.63, 3.8) is 0 Å². The third kappa shape index (κ3) is 6.42. The van der Waals surface area contributed by atoms with Gasteiger partial charge in [0, 0.05) is 29.0 Å². The van der Waals surface area contributed by atoms with Crippen molar-refractivity contribution in [3.8, 4) is 6.07 Å². The first-order chi connectivity index (χ1) is 20.0. The molecular formula is C32H36Cl2F2N2O4. The van der Waals surface area contributed by atoms with Crippen molar-refractivity contribution < 1.29 is 28.5 Å². The summed E-state index contributed by atoms with van der Waals surface area (Å²) in [6, 6.07) is 8.98. The topological polar surface area (TPSA) is 103 Å². The van der Waals surface area contributed by atoms with Gasteiger partial charge in [-0.25, -0.2) is 8.78 Å². The van der Waals surface area contributed by atoms with Gasteiger partial charge in [0.15, 0.2) is 0 Å². The Morgan fingerprint density at radius 1 is 1.29 bits per heavy atom. The molecule has 0 spiro atoms. The zero-order chi connectivity index (χ0) is 30.7. The smallest absolute Gasteiger partial charge is 0.150 e.